The van der Waals surface area contributed by atoms with Crippen LogP contribution in [0.15, 0.2) is 18.3 Å². The second-order valence-corrected chi connectivity index (χ2v) is 2.75. The Labute approximate surface area is 80.9 Å². The summed E-state index contributed by atoms with van der Waals surface area (Å²) in [5, 5.41) is 0. The molecule has 1 aromatic heterocycles. The summed E-state index contributed by atoms with van der Waals surface area (Å²) in [7, 11) is 0. The Morgan fingerprint density at radius 3 is 2.71 bits per heavy atom. The molecule has 2 N–H and O–H groups in total. The molecule has 3 nitrogen and oxygen atoms in total. The zero-order valence-electron chi connectivity index (χ0n) is 7.62. The third-order valence-electron chi connectivity index (χ3n) is 1.59. The molecule has 0 unspecified atom stereocenters. The zero-order valence-corrected chi connectivity index (χ0v) is 7.62. The molecule has 14 heavy (non-hydrogen) atoms. The maximum Gasteiger partial charge on any atom is 0.272 e. The molecule has 5 heteroatoms. The molecule has 0 fully saturated rings. The molecule has 0 saturated heterocycles. The molecule has 0 aliphatic heterocycles. The zero-order chi connectivity index (χ0) is 10.4. The van der Waals surface area contributed by atoms with E-state index in [0.29, 0.717) is 6.54 Å². The molecule has 0 spiro atoms. The summed E-state index contributed by atoms with van der Waals surface area (Å²) >= 11 is 0. The number of pyridine rings is 1. The lowest BCUT2D eigenvalue weighted by Crippen LogP contribution is -2.08. The van der Waals surface area contributed by atoms with Crippen LogP contribution < -0.4 is 10.5 Å². The number of rotatable bonds is 5. The summed E-state index contributed by atoms with van der Waals surface area (Å²) in [4.78, 5) is 3.86. The normalized spacial score (nSPS) is 10.6. The molecule has 0 aliphatic rings. The number of ether oxygens (including phenoxy) is 1. The number of halogens is 2. The lowest BCUT2D eigenvalue weighted by atomic mass is 10.2. The smallest absolute Gasteiger partial charge is 0.272 e. The van der Waals surface area contributed by atoms with Crippen LogP contribution in [0, 0.1) is 0 Å². The maximum absolute atomic E-state index is 11.8. The molecule has 0 atom stereocenters. The van der Waals surface area contributed by atoms with Crippen molar-refractivity contribution in [2.24, 2.45) is 5.73 Å². The van der Waals surface area contributed by atoms with Gasteiger partial charge in [0.05, 0.1) is 0 Å². The molecule has 0 saturated carbocycles. The van der Waals surface area contributed by atoms with Gasteiger partial charge in [-0.25, -0.2) is 13.8 Å². The van der Waals surface area contributed by atoms with Crippen LogP contribution in [0.5, 0.6) is 5.88 Å². The average Bonchev–Trinajstić information content (AvgIpc) is 2.17. The molecule has 0 aromatic carbocycles. The number of alkyl halides is 2. The first-order chi connectivity index (χ1) is 6.72. The highest BCUT2D eigenvalue weighted by molar-refractivity contribution is 5.17. The number of hydrogen-bond acceptors (Lipinski definition) is 3. The van der Waals surface area contributed by atoms with Crippen LogP contribution in [0.2, 0.25) is 0 Å². The van der Waals surface area contributed by atoms with Gasteiger partial charge in [-0.05, 0) is 18.5 Å². The van der Waals surface area contributed by atoms with Crippen molar-refractivity contribution in [3.63, 3.8) is 0 Å². The minimum Gasteiger partial charge on any atom is -0.472 e. The van der Waals surface area contributed by atoms with Gasteiger partial charge in [0.2, 0.25) is 5.88 Å². The summed E-state index contributed by atoms with van der Waals surface area (Å²) in [5.41, 5.74) is 6.31. The van der Waals surface area contributed by atoms with Crippen molar-refractivity contribution in [1.82, 2.24) is 4.98 Å². The minimum atomic E-state index is -2.47. The van der Waals surface area contributed by atoms with Crippen LogP contribution >= 0.6 is 0 Å². The molecular formula is C9H12F2N2O. The molecule has 1 rings (SSSR count). The van der Waals surface area contributed by atoms with Crippen molar-refractivity contribution in [2.45, 2.75) is 12.8 Å². The second kappa shape index (κ2) is 5.49. The van der Waals surface area contributed by atoms with E-state index in [9.17, 15) is 8.78 Å². The van der Waals surface area contributed by atoms with Gasteiger partial charge in [0, 0.05) is 12.3 Å². The highest BCUT2D eigenvalue weighted by atomic mass is 19.3. The summed E-state index contributed by atoms with van der Waals surface area (Å²) in [5.74, 6) is 0.214. The minimum absolute atomic E-state index is 0.214. The predicted molar refractivity (Wildman–Crippen MR) is 48.5 cm³/mol. The van der Waals surface area contributed by atoms with Crippen LogP contribution in [-0.2, 0) is 6.42 Å². The Morgan fingerprint density at radius 1 is 1.43 bits per heavy atom. The standard InChI is InChI=1S/C9H12F2N2O/c10-8(11)6-14-9-2-1-7(3-4-12)5-13-9/h1-2,5,8H,3-4,6,12H2. The first-order valence-corrected chi connectivity index (χ1v) is 4.28. The molecule has 1 aromatic rings. The van der Waals surface area contributed by atoms with E-state index in [2.05, 4.69) is 4.98 Å². The second-order valence-electron chi connectivity index (χ2n) is 2.75. The number of nitrogens with zero attached hydrogens (tertiary/aromatic N) is 1. The molecule has 1 heterocycles. The fourth-order valence-electron chi connectivity index (χ4n) is 0.959. The van der Waals surface area contributed by atoms with E-state index < -0.39 is 13.0 Å². The highest BCUT2D eigenvalue weighted by Crippen LogP contribution is 2.08. The van der Waals surface area contributed by atoms with E-state index in [1.807, 2.05) is 0 Å². The van der Waals surface area contributed by atoms with Crippen LogP contribution in [-0.4, -0.2) is 24.6 Å². The lowest BCUT2D eigenvalue weighted by molar-refractivity contribution is 0.0796. The van der Waals surface area contributed by atoms with Gasteiger partial charge in [0.15, 0.2) is 6.61 Å². The highest BCUT2D eigenvalue weighted by Gasteiger charge is 2.03. The Morgan fingerprint density at radius 2 is 2.21 bits per heavy atom. The van der Waals surface area contributed by atoms with E-state index in [4.69, 9.17) is 10.5 Å². The number of hydrogen-bond donors (Lipinski definition) is 1. The lowest BCUT2D eigenvalue weighted by Gasteiger charge is -2.04. The van der Waals surface area contributed by atoms with Crippen molar-refractivity contribution < 1.29 is 13.5 Å². The first-order valence-electron chi connectivity index (χ1n) is 4.28. The molecule has 0 radical (unpaired) electrons. The number of nitrogens with two attached hydrogens (primary N) is 1. The van der Waals surface area contributed by atoms with Crippen LogP contribution in [0.1, 0.15) is 5.56 Å². The SMILES string of the molecule is NCCc1ccc(OCC(F)F)nc1. The summed E-state index contributed by atoms with van der Waals surface area (Å²) in [6, 6.07) is 3.33. The largest absolute Gasteiger partial charge is 0.472 e. The van der Waals surface area contributed by atoms with Crippen molar-refractivity contribution in [3.8, 4) is 5.88 Å². The summed E-state index contributed by atoms with van der Waals surface area (Å²) in [6.07, 6.45) is -0.170. The molecule has 78 valence electrons. The summed E-state index contributed by atoms with van der Waals surface area (Å²) in [6.45, 7) is -0.0812. The fourth-order valence-corrected chi connectivity index (χ4v) is 0.959. The van der Waals surface area contributed by atoms with Gasteiger partial charge < -0.3 is 10.5 Å². The topological polar surface area (TPSA) is 48.1 Å². The number of aromatic nitrogens is 1. The van der Waals surface area contributed by atoms with E-state index in [1.165, 1.54) is 0 Å². The monoisotopic (exact) mass is 202 g/mol. The van der Waals surface area contributed by atoms with Gasteiger partial charge in [-0.15, -0.1) is 0 Å². The molecule has 0 bridgehead atoms. The van der Waals surface area contributed by atoms with Crippen molar-refractivity contribution in [1.29, 1.82) is 0 Å². The van der Waals surface area contributed by atoms with Crippen molar-refractivity contribution in [3.05, 3.63) is 23.9 Å². The van der Waals surface area contributed by atoms with Gasteiger partial charge in [-0.3, -0.25) is 0 Å². The third-order valence-corrected chi connectivity index (χ3v) is 1.59. The van der Waals surface area contributed by atoms with Crippen LogP contribution in [0.4, 0.5) is 8.78 Å². The Balaban J connectivity index is 2.46. The Bertz CT molecular complexity index is 264. The third kappa shape index (κ3) is 3.66. The van der Waals surface area contributed by atoms with Gasteiger partial charge in [-0.1, -0.05) is 6.07 Å². The van der Waals surface area contributed by atoms with E-state index >= 15 is 0 Å². The van der Waals surface area contributed by atoms with Gasteiger partial charge in [0.1, 0.15) is 0 Å². The Kier molecular flexibility index (Phi) is 4.25. The fraction of sp³-hybridized carbons (Fsp3) is 0.444. The van der Waals surface area contributed by atoms with Gasteiger partial charge >= 0.3 is 0 Å². The Hall–Kier alpha value is -1.23. The molecular weight excluding hydrogens is 190 g/mol. The van der Waals surface area contributed by atoms with Crippen molar-refractivity contribution >= 4 is 0 Å². The van der Waals surface area contributed by atoms with Crippen LogP contribution in [0.25, 0.3) is 0 Å². The molecule has 0 aliphatic carbocycles. The van der Waals surface area contributed by atoms with Gasteiger partial charge in [0.25, 0.3) is 6.43 Å². The quantitative estimate of drug-likeness (QED) is 0.781. The van der Waals surface area contributed by atoms with E-state index in [0.717, 1.165) is 12.0 Å². The van der Waals surface area contributed by atoms with E-state index in [-0.39, 0.29) is 5.88 Å². The summed E-state index contributed by atoms with van der Waals surface area (Å²) < 4.78 is 28.2. The maximum atomic E-state index is 11.8. The van der Waals surface area contributed by atoms with Crippen molar-refractivity contribution in [2.75, 3.05) is 13.2 Å². The average molecular weight is 202 g/mol. The first kappa shape index (κ1) is 10.8. The van der Waals surface area contributed by atoms with Gasteiger partial charge in [-0.2, -0.15) is 0 Å². The van der Waals surface area contributed by atoms with E-state index in [1.54, 1.807) is 18.3 Å². The predicted octanol–water partition coefficient (Wildman–Crippen LogP) is 1.23. The molecule has 0 amide bonds. The van der Waals surface area contributed by atoms with Crippen LogP contribution in [0.3, 0.4) is 0 Å².